The number of hydrogen-bond donors (Lipinski definition) is 1. The van der Waals surface area contributed by atoms with Crippen molar-refractivity contribution in [2.24, 2.45) is 0 Å². The molecule has 1 N–H and O–H groups in total. The lowest BCUT2D eigenvalue weighted by Crippen LogP contribution is -2.33. The maximum absolute atomic E-state index is 5.53. The molecule has 0 aliphatic carbocycles. The summed E-state index contributed by atoms with van der Waals surface area (Å²) in [4.78, 5) is 4.43. The van der Waals surface area contributed by atoms with Gasteiger partial charge in [-0.2, -0.15) is 0 Å². The number of ether oxygens (including phenoxy) is 2. The summed E-state index contributed by atoms with van der Waals surface area (Å²) in [6, 6.07) is 0.417. The Morgan fingerprint density at radius 3 is 2.84 bits per heavy atom. The van der Waals surface area contributed by atoms with Crippen molar-refractivity contribution in [3.05, 3.63) is 18.2 Å². The molecule has 19 heavy (non-hydrogen) atoms. The Balaban J connectivity index is 2.35. The van der Waals surface area contributed by atoms with Crippen LogP contribution in [-0.4, -0.2) is 49.1 Å². The van der Waals surface area contributed by atoms with E-state index in [9.17, 15) is 0 Å². The van der Waals surface area contributed by atoms with Gasteiger partial charge in [0.2, 0.25) is 0 Å². The Morgan fingerprint density at radius 2 is 2.16 bits per heavy atom. The second-order valence-electron chi connectivity index (χ2n) is 4.48. The Hall–Kier alpha value is -0.910. The second-order valence-corrected chi connectivity index (χ2v) is 4.48. The van der Waals surface area contributed by atoms with Gasteiger partial charge in [-0.15, -0.1) is 0 Å². The maximum atomic E-state index is 5.53. The van der Waals surface area contributed by atoms with Crippen molar-refractivity contribution >= 4 is 0 Å². The summed E-state index contributed by atoms with van der Waals surface area (Å²) >= 11 is 0. The van der Waals surface area contributed by atoms with Crippen LogP contribution in [0.2, 0.25) is 0 Å². The summed E-state index contributed by atoms with van der Waals surface area (Å²) in [5.41, 5.74) is 0. The van der Waals surface area contributed by atoms with Crippen LogP contribution in [0.4, 0.5) is 0 Å². The zero-order valence-electron chi connectivity index (χ0n) is 12.4. The van der Waals surface area contributed by atoms with Gasteiger partial charge in [0.15, 0.2) is 0 Å². The molecule has 1 atom stereocenters. The van der Waals surface area contributed by atoms with Crippen LogP contribution in [0.15, 0.2) is 12.4 Å². The van der Waals surface area contributed by atoms with E-state index in [1.807, 2.05) is 12.4 Å². The van der Waals surface area contributed by atoms with E-state index in [1.54, 1.807) is 7.11 Å². The van der Waals surface area contributed by atoms with E-state index >= 15 is 0 Å². The van der Waals surface area contributed by atoms with Gasteiger partial charge in [0.05, 0.1) is 13.2 Å². The molecule has 0 aliphatic heterocycles. The quantitative estimate of drug-likeness (QED) is 0.618. The average Bonchev–Trinajstić information content (AvgIpc) is 2.86. The average molecular weight is 269 g/mol. The first-order valence-corrected chi connectivity index (χ1v) is 7.11. The SMILES string of the molecule is CCNC(CCOCCOC)Cc1nccn1CC. The van der Waals surface area contributed by atoms with Crippen molar-refractivity contribution in [2.75, 3.05) is 33.5 Å². The first kappa shape index (κ1) is 16.1. The van der Waals surface area contributed by atoms with E-state index in [-0.39, 0.29) is 0 Å². The van der Waals surface area contributed by atoms with Crippen LogP contribution >= 0.6 is 0 Å². The summed E-state index contributed by atoms with van der Waals surface area (Å²) in [7, 11) is 1.69. The molecule has 0 amide bonds. The normalized spacial score (nSPS) is 12.8. The summed E-state index contributed by atoms with van der Waals surface area (Å²) in [5.74, 6) is 1.14. The van der Waals surface area contributed by atoms with Gasteiger partial charge in [0.1, 0.15) is 5.82 Å². The lowest BCUT2D eigenvalue weighted by Gasteiger charge is -2.18. The molecule has 5 nitrogen and oxygen atoms in total. The van der Waals surface area contributed by atoms with Gasteiger partial charge in [0.25, 0.3) is 0 Å². The van der Waals surface area contributed by atoms with E-state index in [0.717, 1.165) is 38.4 Å². The smallest absolute Gasteiger partial charge is 0.110 e. The number of hydrogen-bond acceptors (Lipinski definition) is 4. The lowest BCUT2D eigenvalue weighted by molar-refractivity contribution is 0.0657. The van der Waals surface area contributed by atoms with Gasteiger partial charge in [-0.05, 0) is 19.9 Å². The molecule has 0 aliphatic rings. The van der Waals surface area contributed by atoms with E-state index in [4.69, 9.17) is 9.47 Å². The topological polar surface area (TPSA) is 48.3 Å². The highest BCUT2D eigenvalue weighted by Gasteiger charge is 2.11. The van der Waals surface area contributed by atoms with Crippen molar-refractivity contribution in [2.45, 2.75) is 39.3 Å². The van der Waals surface area contributed by atoms with Gasteiger partial charge < -0.3 is 19.4 Å². The third-order valence-corrected chi connectivity index (χ3v) is 3.11. The van der Waals surface area contributed by atoms with E-state index in [0.29, 0.717) is 19.3 Å². The summed E-state index contributed by atoms with van der Waals surface area (Å²) in [6.07, 6.45) is 5.85. The number of aryl methyl sites for hydroxylation is 1. The fourth-order valence-electron chi connectivity index (χ4n) is 2.07. The number of nitrogens with zero attached hydrogens (tertiary/aromatic N) is 2. The molecule has 0 bridgehead atoms. The van der Waals surface area contributed by atoms with Gasteiger partial charge in [-0.25, -0.2) is 4.98 Å². The molecule has 1 rings (SSSR count). The minimum atomic E-state index is 0.417. The Labute approximate surface area is 116 Å². The van der Waals surface area contributed by atoms with Crippen LogP contribution in [0.1, 0.15) is 26.1 Å². The first-order chi connectivity index (χ1) is 9.31. The van der Waals surface area contributed by atoms with Crippen molar-refractivity contribution in [1.82, 2.24) is 14.9 Å². The molecule has 5 heteroatoms. The van der Waals surface area contributed by atoms with Gasteiger partial charge in [0, 0.05) is 45.1 Å². The van der Waals surface area contributed by atoms with Gasteiger partial charge >= 0.3 is 0 Å². The zero-order valence-corrected chi connectivity index (χ0v) is 12.4. The number of methoxy groups -OCH3 is 1. The minimum Gasteiger partial charge on any atom is -0.382 e. The Morgan fingerprint density at radius 1 is 1.32 bits per heavy atom. The molecule has 0 radical (unpaired) electrons. The van der Waals surface area contributed by atoms with Crippen molar-refractivity contribution in [3.63, 3.8) is 0 Å². The standard InChI is InChI=1S/C14H27N3O2/c1-4-15-13(6-9-19-11-10-18-3)12-14-16-7-8-17(14)5-2/h7-8,13,15H,4-6,9-12H2,1-3H3. The molecule has 0 fully saturated rings. The fraction of sp³-hybridized carbons (Fsp3) is 0.786. The minimum absolute atomic E-state index is 0.417. The highest BCUT2D eigenvalue weighted by molar-refractivity contribution is 4.95. The third-order valence-electron chi connectivity index (χ3n) is 3.11. The largest absolute Gasteiger partial charge is 0.382 e. The molecule has 1 aromatic heterocycles. The molecular weight excluding hydrogens is 242 g/mol. The number of imidazole rings is 1. The van der Waals surface area contributed by atoms with Crippen molar-refractivity contribution in [3.8, 4) is 0 Å². The van der Waals surface area contributed by atoms with Crippen molar-refractivity contribution in [1.29, 1.82) is 0 Å². The molecule has 1 aromatic rings. The number of rotatable bonds is 11. The molecule has 0 saturated carbocycles. The zero-order chi connectivity index (χ0) is 13.9. The molecule has 0 aromatic carbocycles. The predicted octanol–water partition coefficient (Wildman–Crippen LogP) is 1.48. The summed E-state index contributed by atoms with van der Waals surface area (Å²) in [6.45, 7) is 8.29. The van der Waals surface area contributed by atoms with Crippen LogP contribution in [0.3, 0.4) is 0 Å². The third kappa shape index (κ3) is 6.18. The molecule has 0 spiro atoms. The fourth-order valence-corrected chi connectivity index (χ4v) is 2.07. The Kier molecular flexibility index (Phi) is 8.45. The molecule has 1 heterocycles. The van der Waals surface area contributed by atoms with Crippen molar-refractivity contribution < 1.29 is 9.47 Å². The molecule has 110 valence electrons. The monoisotopic (exact) mass is 269 g/mol. The second kappa shape index (κ2) is 9.95. The predicted molar refractivity (Wildman–Crippen MR) is 76.4 cm³/mol. The maximum Gasteiger partial charge on any atom is 0.110 e. The van der Waals surface area contributed by atoms with Crippen LogP contribution in [-0.2, 0) is 22.4 Å². The van der Waals surface area contributed by atoms with Crippen LogP contribution in [0.5, 0.6) is 0 Å². The number of nitrogens with one attached hydrogen (secondary N) is 1. The molecule has 1 unspecified atom stereocenters. The van der Waals surface area contributed by atoms with Crippen LogP contribution in [0, 0.1) is 0 Å². The number of aromatic nitrogens is 2. The van der Waals surface area contributed by atoms with Crippen LogP contribution < -0.4 is 5.32 Å². The summed E-state index contributed by atoms with van der Waals surface area (Å²) in [5, 5.41) is 3.50. The lowest BCUT2D eigenvalue weighted by atomic mass is 10.1. The van der Waals surface area contributed by atoms with Gasteiger partial charge in [-0.1, -0.05) is 6.92 Å². The highest BCUT2D eigenvalue weighted by atomic mass is 16.5. The van der Waals surface area contributed by atoms with E-state index < -0.39 is 0 Å². The summed E-state index contributed by atoms with van der Waals surface area (Å²) < 4.78 is 12.7. The Bertz CT molecular complexity index is 328. The number of likely N-dealkylation sites (N-methyl/N-ethyl adjacent to an activating group) is 1. The van der Waals surface area contributed by atoms with E-state index in [1.165, 1.54) is 0 Å². The van der Waals surface area contributed by atoms with E-state index in [2.05, 4.69) is 28.7 Å². The molecular formula is C14H27N3O2. The highest BCUT2D eigenvalue weighted by Crippen LogP contribution is 2.05. The molecule has 0 saturated heterocycles. The van der Waals surface area contributed by atoms with Crippen LogP contribution in [0.25, 0.3) is 0 Å². The van der Waals surface area contributed by atoms with Gasteiger partial charge in [-0.3, -0.25) is 0 Å². The first-order valence-electron chi connectivity index (χ1n) is 7.11.